The summed E-state index contributed by atoms with van der Waals surface area (Å²) in [6.45, 7) is 0.368. The third-order valence-electron chi connectivity index (χ3n) is 17.1. The molecule has 4 fully saturated rings. The largest absolute Gasteiger partial charge is 0.508 e. The highest BCUT2D eigenvalue weighted by molar-refractivity contribution is 5.90. The number of benzene rings is 3. The molecular weight excluding hydrogens is 1000 g/mol. The molecule has 2 saturated carbocycles. The Morgan fingerprint density at radius 2 is 1.78 bits per heavy atom. The van der Waals surface area contributed by atoms with Crippen LogP contribution in [0.25, 0.3) is 22.3 Å². The van der Waals surface area contributed by atoms with Crippen LogP contribution in [0.4, 0.5) is 5.82 Å². The zero-order chi connectivity index (χ0) is 53.9. The van der Waals surface area contributed by atoms with Gasteiger partial charge in [-0.2, -0.15) is 0 Å². The number of hydrogen-bond donors (Lipinski definition) is 15. The average Bonchev–Trinajstić information content (AvgIpc) is 4.24. The van der Waals surface area contributed by atoms with Gasteiger partial charge in [0.1, 0.15) is 51.9 Å². The summed E-state index contributed by atoms with van der Waals surface area (Å²) < 4.78 is 30.9. The van der Waals surface area contributed by atoms with Crippen molar-refractivity contribution in [2.45, 2.75) is 79.9 Å². The number of aliphatic hydroxyl groups is 6. The molecule has 2 saturated heterocycles. The van der Waals surface area contributed by atoms with Gasteiger partial charge >= 0.3 is 5.97 Å². The van der Waals surface area contributed by atoms with E-state index in [9.17, 15) is 55.5 Å². The fourth-order valence-electron chi connectivity index (χ4n) is 13.8. The summed E-state index contributed by atoms with van der Waals surface area (Å²) in [6.07, 6.45) is -1.57. The predicted octanol–water partition coefficient (Wildman–Crippen LogP) is 1.86. The van der Waals surface area contributed by atoms with Gasteiger partial charge in [0.05, 0.1) is 12.4 Å². The lowest BCUT2D eigenvalue weighted by Gasteiger charge is -2.69. The molecule has 77 heavy (non-hydrogen) atoms. The van der Waals surface area contributed by atoms with Crippen molar-refractivity contribution in [1.82, 2.24) is 20.9 Å². The molecule has 3 aromatic carbocycles. The number of aromatic amines is 1. The van der Waals surface area contributed by atoms with Gasteiger partial charge < -0.3 is 96.4 Å². The van der Waals surface area contributed by atoms with E-state index >= 15 is 0 Å². The number of aromatic hydroxyl groups is 2. The van der Waals surface area contributed by atoms with E-state index in [2.05, 4.69) is 27.0 Å². The Morgan fingerprint density at radius 1 is 0.974 bits per heavy atom. The molecule has 2 bridgehead atoms. The lowest BCUT2D eigenvalue weighted by atomic mass is 9.39. The van der Waals surface area contributed by atoms with Crippen LogP contribution in [0.1, 0.15) is 49.3 Å². The van der Waals surface area contributed by atoms with E-state index in [0.717, 1.165) is 29.7 Å². The second-order valence-corrected chi connectivity index (χ2v) is 21.0. The normalized spacial score (nSPS) is 32.1. The molecule has 7 aliphatic rings. The van der Waals surface area contributed by atoms with Crippen molar-refractivity contribution >= 4 is 22.8 Å². The van der Waals surface area contributed by atoms with Crippen LogP contribution in [-0.2, 0) is 9.53 Å². The summed E-state index contributed by atoms with van der Waals surface area (Å²) in [6, 6.07) is 16.0. The first-order valence-electron chi connectivity index (χ1n) is 25.4. The molecule has 2 aromatic heterocycles. The van der Waals surface area contributed by atoms with Crippen LogP contribution in [0.3, 0.4) is 0 Å². The Hall–Kier alpha value is -7.38. The summed E-state index contributed by atoms with van der Waals surface area (Å²) in [5.74, 6) is -3.59. The number of carbonyl (C=O) groups is 1. The van der Waals surface area contributed by atoms with E-state index in [1.165, 1.54) is 54.6 Å². The number of hydrogen-bond acceptors (Lipinski definition) is 20. The summed E-state index contributed by atoms with van der Waals surface area (Å²) >= 11 is 0. The standard InChI is InChI=1S/C55H58N6O16/c56-41-13-12-33(61-41)44(65)38(23-62)73-31-10-5-25(6-11-31)35-18-34(64)43-36(74-35)19-37(46(45(43)66)76-49(69)26-2-1-3-30(63)16-26)75-51-53(71)20-39-52(40-22-58-24-60-40,55(72,50(53)70)47(77-51)48(67)68)15-14-29-9-8-28-7-4-27-21-59-42(57)17-32(27)54(28,29)39/h1-7,10-13,16-20,28-29,38,40,44,47,49-51,58-63,65-66,69-72H,8-9,14-15,21-24,56-57H2,(H,67,68). The maximum atomic E-state index is 14.2. The van der Waals surface area contributed by atoms with E-state index < -0.39 is 106 Å². The number of carboxylic acids is 1. The Balaban J connectivity index is 0.996. The maximum absolute atomic E-state index is 14.2. The minimum atomic E-state index is -2.79. The number of aliphatic hydroxyl groups excluding tert-OH is 4. The van der Waals surface area contributed by atoms with Crippen molar-refractivity contribution in [3.63, 3.8) is 0 Å². The van der Waals surface area contributed by atoms with Gasteiger partial charge in [0.15, 0.2) is 34.7 Å². The quantitative estimate of drug-likeness (QED) is 0.0591. The number of aliphatic carboxylic acids is 1. The molecule has 5 aromatic rings. The molecule has 0 radical (unpaired) electrons. The van der Waals surface area contributed by atoms with E-state index in [0.29, 0.717) is 54.5 Å². The number of H-pyrrole nitrogens is 1. The molecule has 5 heterocycles. The summed E-state index contributed by atoms with van der Waals surface area (Å²) in [7, 11) is 0. The Labute approximate surface area is 438 Å². The van der Waals surface area contributed by atoms with Crippen molar-refractivity contribution in [2.75, 3.05) is 32.1 Å². The van der Waals surface area contributed by atoms with Gasteiger partial charge in [-0.25, -0.2) is 4.79 Å². The van der Waals surface area contributed by atoms with Gasteiger partial charge in [0.25, 0.3) is 0 Å². The number of nitrogens with two attached hydrogens (primary N) is 2. The fraction of sp³-hybridized carbons (Fsp3) is 0.382. The lowest BCUT2D eigenvalue weighted by Crippen LogP contribution is -2.84. The highest BCUT2D eigenvalue weighted by Crippen LogP contribution is 2.74. The van der Waals surface area contributed by atoms with Crippen molar-refractivity contribution < 1.29 is 74.1 Å². The molecule has 13 atom stereocenters. The van der Waals surface area contributed by atoms with Crippen molar-refractivity contribution in [3.8, 4) is 40.1 Å². The monoisotopic (exact) mass is 1060 g/mol. The topological polar surface area (TPSA) is 370 Å². The first-order valence-corrected chi connectivity index (χ1v) is 25.4. The highest BCUT2D eigenvalue weighted by atomic mass is 16.7. The van der Waals surface area contributed by atoms with Crippen LogP contribution in [-0.4, -0.2) is 125 Å². The summed E-state index contributed by atoms with van der Waals surface area (Å²) in [5, 5.41) is 116. The van der Waals surface area contributed by atoms with Crippen LogP contribution in [0.5, 0.6) is 28.7 Å². The van der Waals surface area contributed by atoms with E-state index in [1.54, 1.807) is 12.1 Å². The fourth-order valence-corrected chi connectivity index (χ4v) is 13.8. The number of phenols is 2. The number of dihydropyridines is 1. The summed E-state index contributed by atoms with van der Waals surface area (Å²) in [5.41, 5.74) is 5.91. The Bertz CT molecular complexity index is 3390. The number of ether oxygens (including phenoxy) is 4. The maximum Gasteiger partial charge on any atom is 0.336 e. The third-order valence-corrected chi connectivity index (χ3v) is 17.1. The zero-order valence-corrected chi connectivity index (χ0v) is 41.1. The minimum absolute atomic E-state index is 0.0126. The van der Waals surface area contributed by atoms with E-state index in [4.69, 9.17) is 34.8 Å². The van der Waals surface area contributed by atoms with Crippen LogP contribution in [0.15, 0.2) is 129 Å². The van der Waals surface area contributed by atoms with Crippen LogP contribution in [0.2, 0.25) is 0 Å². The Morgan fingerprint density at radius 3 is 2.49 bits per heavy atom. The molecule has 404 valence electrons. The molecule has 1 spiro atoms. The smallest absolute Gasteiger partial charge is 0.336 e. The van der Waals surface area contributed by atoms with Gasteiger partial charge in [0, 0.05) is 65.6 Å². The molecule has 4 aliphatic carbocycles. The molecule has 3 aliphatic heterocycles. The molecule has 17 N–H and O–H groups in total. The van der Waals surface area contributed by atoms with Gasteiger partial charge in [-0.05, 0) is 115 Å². The number of allylic oxidation sites excluding steroid dienone is 3. The first-order chi connectivity index (χ1) is 36.9. The number of nitrogen functional groups attached to an aromatic ring is 1. The van der Waals surface area contributed by atoms with Crippen molar-refractivity contribution in [2.24, 2.45) is 28.4 Å². The van der Waals surface area contributed by atoms with E-state index in [1.807, 2.05) is 12.2 Å². The number of carboxylic acid groups (broad SMARTS) is 1. The number of aromatic nitrogens is 1. The van der Waals surface area contributed by atoms with Gasteiger partial charge in [0.2, 0.25) is 18.3 Å². The van der Waals surface area contributed by atoms with Gasteiger partial charge in [-0.1, -0.05) is 24.3 Å². The number of anilines is 1. The highest BCUT2D eigenvalue weighted by Gasteiger charge is 2.81. The molecule has 22 heteroatoms. The van der Waals surface area contributed by atoms with Gasteiger partial charge in [-0.3, -0.25) is 10.1 Å². The first kappa shape index (κ1) is 50.4. The molecule has 12 rings (SSSR count). The number of phenolic OH excluding ortho intramolecular Hbond substituents is 2. The average molecular weight is 1060 g/mol. The molecule has 0 amide bonds. The second-order valence-electron chi connectivity index (χ2n) is 21.0. The van der Waals surface area contributed by atoms with Crippen molar-refractivity contribution in [3.05, 3.63) is 141 Å². The summed E-state index contributed by atoms with van der Waals surface area (Å²) in [4.78, 5) is 30.9. The minimum Gasteiger partial charge on any atom is -0.508 e. The van der Waals surface area contributed by atoms with Crippen LogP contribution in [0, 0.1) is 22.7 Å². The van der Waals surface area contributed by atoms with Crippen LogP contribution >= 0.6 is 0 Å². The molecular formula is C55H58N6O16. The second kappa shape index (κ2) is 18.4. The Kier molecular flexibility index (Phi) is 12.0. The third kappa shape index (κ3) is 7.49. The van der Waals surface area contributed by atoms with Crippen molar-refractivity contribution in [1.29, 1.82) is 0 Å². The van der Waals surface area contributed by atoms with Crippen LogP contribution < -0.4 is 47.1 Å². The number of nitrogens with one attached hydrogen (secondary N) is 4. The van der Waals surface area contributed by atoms with Gasteiger partial charge in [-0.15, -0.1) is 0 Å². The number of rotatable bonds is 13. The lowest BCUT2D eigenvalue weighted by molar-refractivity contribution is -0.362. The SMILES string of the molecule is NC1=CC2=C(C=CC3CCC4CCC5(C6CNCN6)C(=CC6(O)C(Oc7cc8oc(-c9ccc(OC(CO)C(O)c%10ccc(N)[nH]%10)cc9)cc(=O)c8c(O)c7OC(O)c7cccc(O)c7)OC(C(=O)O)C5(O)C6O)C234)CN1. The van der Waals surface area contributed by atoms with E-state index in [-0.39, 0.29) is 53.2 Å². The molecule has 13 unspecified atom stereocenters. The number of fused-ring (bicyclic) bond motifs is 5. The predicted molar refractivity (Wildman–Crippen MR) is 272 cm³/mol. The zero-order valence-electron chi connectivity index (χ0n) is 41.1. The molecule has 22 nitrogen and oxygen atoms in total.